The number of benzene rings is 2. The summed E-state index contributed by atoms with van der Waals surface area (Å²) in [6, 6.07) is 7.89. The molecule has 0 radical (unpaired) electrons. The molecule has 6 heteroatoms. The van der Waals surface area contributed by atoms with Crippen LogP contribution >= 0.6 is 46.4 Å². The lowest BCUT2D eigenvalue weighted by molar-refractivity contribution is 0.0698. The number of halogens is 4. The molecule has 0 fully saturated rings. The second-order valence-corrected chi connectivity index (χ2v) is 5.32. The second-order valence-electron chi connectivity index (χ2n) is 3.72. The standard InChI is InChI=1S/C13H6Cl4O2/c14-8-3-1-2-7(11(8)13(18)19)6-4-9(15)12(17)10(16)5-6/h1-5H,(H,18,19). The van der Waals surface area contributed by atoms with Gasteiger partial charge in [-0.05, 0) is 29.3 Å². The Morgan fingerprint density at radius 1 is 0.947 bits per heavy atom. The SMILES string of the molecule is O=C(O)c1c(Cl)cccc1-c1cc(Cl)c(Cl)c(Cl)c1. The van der Waals surface area contributed by atoms with Crippen molar-refractivity contribution in [2.45, 2.75) is 0 Å². The van der Waals surface area contributed by atoms with Crippen molar-refractivity contribution in [3.63, 3.8) is 0 Å². The highest BCUT2D eigenvalue weighted by Gasteiger charge is 2.17. The van der Waals surface area contributed by atoms with Crippen LogP contribution in [0.5, 0.6) is 0 Å². The van der Waals surface area contributed by atoms with Crippen LogP contribution in [-0.4, -0.2) is 11.1 Å². The summed E-state index contributed by atoms with van der Waals surface area (Å²) in [5.41, 5.74) is 0.971. The van der Waals surface area contributed by atoms with Crippen molar-refractivity contribution in [3.8, 4) is 11.1 Å². The molecule has 0 aliphatic rings. The molecular formula is C13H6Cl4O2. The number of hydrogen-bond acceptors (Lipinski definition) is 1. The van der Waals surface area contributed by atoms with Crippen LogP contribution in [0.4, 0.5) is 0 Å². The number of rotatable bonds is 2. The molecule has 98 valence electrons. The average Bonchev–Trinajstić information content (AvgIpc) is 2.34. The first-order chi connectivity index (χ1) is 8.91. The second kappa shape index (κ2) is 5.59. The number of carboxylic acids is 1. The third-order valence-corrected chi connectivity index (χ3v) is 4.03. The van der Waals surface area contributed by atoms with Crippen molar-refractivity contribution < 1.29 is 9.90 Å². The van der Waals surface area contributed by atoms with Gasteiger partial charge in [0.1, 0.15) is 0 Å². The van der Waals surface area contributed by atoms with Crippen molar-refractivity contribution >= 4 is 52.4 Å². The molecule has 0 aromatic heterocycles. The summed E-state index contributed by atoms with van der Waals surface area (Å²) in [5, 5.41) is 10.1. The predicted molar refractivity (Wildman–Crippen MR) is 78.9 cm³/mol. The van der Waals surface area contributed by atoms with Crippen molar-refractivity contribution in [2.24, 2.45) is 0 Å². The van der Waals surface area contributed by atoms with E-state index in [0.29, 0.717) is 11.1 Å². The lowest BCUT2D eigenvalue weighted by Gasteiger charge is -2.10. The van der Waals surface area contributed by atoms with Crippen molar-refractivity contribution in [1.29, 1.82) is 0 Å². The fraction of sp³-hybridized carbons (Fsp3) is 0. The Hall–Kier alpha value is -0.930. The van der Waals surface area contributed by atoms with E-state index >= 15 is 0 Å². The average molecular weight is 336 g/mol. The Balaban J connectivity index is 2.73. The minimum Gasteiger partial charge on any atom is -0.478 e. The summed E-state index contributed by atoms with van der Waals surface area (Å²) in [4.78, 5) is 11.3. The van der Waals surface area contributed by atoms with E-state index in [0.717, 1.165) is 0 Å². The van der Waals surface area contributed by atoms with Gasteiger partial charge >= 0.3 is 5.97 Å². The van der Waals surface area contributed by atoms with Crippen LogP contribution in [-0.2, 0) is 0 Å². The number of carbonyl (C=O) groups is 1. The minimum absolute atomic E-state index is 0.00128. The van der Waals surface area contributed by atoms with Gasteiger partial charge in [0.05, 0.1) is 25.7 Å². The predicted octanol–water partition coefficient (Wildman–Crippen LogP) is 5.67. The van der Waals surface area contributed by atoms with Crippen LogP contribution in [0.2, 0.25) is 20.1 Å². The van der Waals surface area contributed by atoms with Crippen LogP contribution in [0, 0.1) is 0 Å². The third kappa shape index (κ3) is 2.82. The van der Waals surface area contributed by atoms with E-state index in [1.165, 1.54) is 6.07 Å². The summed E-state index contributed by atoms with van der Waals surface area (Å²) < 4.78 is 0. The van der Waals surface area contributed by atoms with Gasteiger partial charge in [-0.2, -0.15) is 0 Å². The van der Waals surface area contributed by atoms with Crippen molar-refractivity contribution in [3.05, 3.63) is 56.0 Å². The smallest absolute Gasteiger partial charge is 0.337 e. The van der Waals surface area contributed by atoms with Crippen LogP contribution in [0.1, 0.15) is 10.4 Å². The molecule has 0 unspecified atom stereocenters. The number of hydrogen-bond donors (Lipinski definition) is 1. The summed E-state index contributed by atoms with van der Waals surface area (Å²) in [5.74, 6) is -1.12. The first-order valence-electron chi connectivity index (χ1n) is 5.08. The lowest BCUT2D eigenvalue weighted by atomic mass is 10.00. The molecule has 0 amide bonds. The van der Waals surface area contributed by atoms with Crippen LogP contribution < -0.4 is 0 Å². The van der Waals surface area contributed by atoms with E-state index in [4.69, 9.17) is 46.4 Å². The molecule has 2 rings (SSSR count). The molecule has 2 nitrogen and oxygen atoms in total. The molecule has 19 heavy (non-hydrogen) atoms. The summed E-state index contributed by atoms with van der Waals surface area (Å²) in [6.45, 7) is 0. The summed E-state index contributed by atoms with van der Waals surface area (Å²) >= 11 is 23.7. The molecule has 0 saturated heterocycles. The molecule has 2 aromatic carbocycles. The van der Waals surface area contributed by atoms with Gasteiger partial charge in [0.2, 0.25) is 0 Å². The van der Waals surface area contributed by atoms with Crippen molar-refractivity contribution in [2.75, 3.05) is 0 Å². The quantitative estimate of drug-likeness (QED) is 0.718. The van der Waals surface area contributed by atoms with E-state index < -0.39 is 5.97 Å². The highest BCUT2D eigenvalue weighted by atomic mass is 35.5. The molecule has 0 saturated carbocycles. The van der Waals surface area contributed by atoms with Crippen LogP contribution in [0.15, 0.2) is 30.3 Å². The first-order valence-corrected chi connectivity index (χ1v) is 6.59. The van der Waals surface area contributed by atoms with E-state index in [2.05, 4.69) is 0 Å². The summed E-state index contributed by atoms with van der Waals surface area (Å²) in [6.07, 6.45) is 0. The Labute approximate surface area is 129 Å². The normalized spacial score (nSPS) is 10.5. The maximum atomic E-state index is 11.3. The zero-order valence-corrected chi connectivity index (χ0v) is 12.3. The maximum Gasteiger partial charge on any atom is 0.337 e. The molecule has 0 atom stereocenters. The monoisotopic (exact) mass is 334 g/mol. The van der Waals surface area contributed by atoms with E-state index in [-0.39, 0.29) is 25.7 Å². The Bertz CT molecular complexity index is 645. The summed E-state index contributed by atoms with van der Waals surface area (Å²) in [7, 11) is 0. The molecule has 0 aliphatic carbocycles. The zero-order chi connectivity index (χ0) is 14.2. The highest BCUT2D eigenvalue weighted by Crippen LogP contribution is 2.37. The van der Waals surface area contributed by atoms with Crippen molar-refractivity contribution in [1.82, 2.24) is 0 Å². The zero-order valence-electron chi connectivity index (χ0n) is 9.25. The highest BCUT2D eigenvalue weighted by molar-refractivity contribution is 6.48. The van der Waals surface area contributed by atoms with Gasteiger partial charge in [0.25, 0.3) is 0 Å². The Morgan fingerprint density at radius 3 is 2.05 bits per heavy atom. The molecule has 1 N–H and O–H groups in total. The molecule has 2 aromatic rings. The molecule has 0 bridgehead atoms. The fourth-order valence-electron chi connectivity index (χ4n) is 1.69. The van der Waals surface area contributed by atoms with E-state index in [1.54, 1.807) is 24.3 Å². The van der Waals surface area contributed by atoms with E-state index in [1.807, 2.05) is 0 Å². The topological polar surface area (TPSA) is 37.3 Å². The van der Waals surface area contributed by atoms with E-state index in [9.17, 15) is 9.90 Å². The molecular weight excluding hydrogens is 330 g/mol. The molecule has 0 heterocycles. The Morgan fingerprint density at radius 2 is 1.53 bits per heavy atom. The van der Waals surface area contributed by atoms with Gasteiger partial charge in [-0.15, -0.1) is 0 Å². The van der Waals surface area contributed by atoms with Gasteiger partial charge in [0.15, 0.2) is 0 Å². The largest absolute Gasteiger partial charge is 0.478 e. The molecule has 0 spiro atoms. The van der Waals surface area contributed by atoms with Crippen LogP contribution in [0.3, 0.4) is 0 Å². The number of carboxylic acid groups (broad SMARTS) is 1. The van der Waals surface area contributed by atoms with Gasteiger partial charge in [0, 0.05) is 0 Å². The molecule has 0 aliphatic heterocycles. The number of aromatic carboxylic acids is 1. The van der Waals surface area contributed by atoms with Gasteiger partial charge in [-0.1, -0.05) is 58.5 Å². The maximum absolute atomic E-state index is 11.3. The lowest BCUT2D eigenvalue weighted by Crippen LogP contribution is -2.00. The first kappa shape index (κ1) is 14.5. The Kier molecular flexibility index (Phi) is 4.26. The van der Waals surface area contributed by atoms with Crippen LogP contribution in [0.25, 0.3) is 11.1 Å². The fourth-order valence-corrected chi connectivity index (χ4v) is 2.54. The van der Waals surface area contributed by atoms with Gasteiger partial charge in [-0.25, -0.2) is 4.79 Å². The van der Waals surface area contributed by atoms with Gasteiger partial charge in [-0.3, -0.25) is 0 Å². The minimum atomic E-state index is -1.12. The van der Waals surface area contributed by atoms with Gasteiger partial charge < -0.3 is 5.11 Å². The third-order valence-electron chi connectivity index (χ3n) is 2.52.